The minimum atomic E-state index is -0.146. The molecule has 1 aromatic carbocycles. The van der Waals surface area contributed by atoms with Crippen molar-refractivity contribution < 1.29 is 9.53 Å². The van der Waals surface area contributed by atoms with Gasteiger partial charge in [-0.2, -0.15) is 0 Å². The molecule has 0 saturated carbocycles. The number of hydrogen-bond acceptors (Lipinski definition) is 6. The van der Waals surface area contributed by atoms with Crippen LogP contribution in [0.1, 0.15) is 26.5 Å². The summed E-state index contributed by atoms with van der Waals surface area (Å²) >= 11 is 2.68. The molecular formula is C16H15N3O2S2. The summed E-state index contributed by atoms with van der Waals surface area (Å²) in [6.45, 7) is 4.26. The average molecular weight is 345 g/mol. The van der Waals surface area contributed by atoms with Gasteiger partial charge in [-0.05, 0) is 60.1 Å². The normalized spacial score (nSPS) is 10.5. The van der Waals surface area contributed by atoms with Gasteiger partial charge in [-0.1, -0.05) is 16.6 Å². The number of hydrogen-bond donors (Lipinski definition) is 1. The standard InChI is InChI=1S/C16H15N3O2S2/c1-10-7-14(22-9-10)21-13-5-3-12(4-6-13)8-17-16(20)15-11(2)18-19-23-15/h3-7,9H,8H2,1-2H3,(H,17,20). The van der Waals surface area contributed by atoms with Gasteiger partial charge >= 0.3 is 0 Å². The van der Waals surface area contributed by atoms with Crippen LogP contribution in [0.3, 0.4) is 0 Å². The molecule has 3 rings (SSSR count). The molecule has 23 heavy (non-hydrogen) atoms. The minimum absolute atomic E-state index is 0.146. The van der Waals surface area contributed by atoms with Gasteiger partial charge in [-0.15, -0.1) is 16.4 Å². The van der Waals surface area contributed by atoms with Gasteiger partial charge < -0.3 is 10.1 Å². The Balaban J connectivity index is 1.57. The van der Waals surface area contributed by atoms with Crippen molar-refractivity contribution in [2.24, 2.45) is 0 Å². The maximum absolute atomic E-state index is 12.0. The van der Waals surface area contributed by atoms with E-state index in [2.05, 4.69) is 20.3 Å². The smallest absolute Gasteiger partial charge is 0.265 e. The second-order valence-electron chi connectivity index (χ2n) is 5.06. The van der Waals surface area contributed by atoms with E-state index in [9.17, 15) is 4.79 Å². The summed E-state index contributed by atoms with van der Waals surface area (Å²) in [5, 5.41) is 9.63. The van der Waals surface area contributed by atoms with Crippen LogP contribution in [0, 0.1) is 13.8 Å². The quantitative estimate of drug-likeness (QED) is 0.761. The lowest BCUT2D eigenvalue weighted by atomic mass is 10.2. The van der Waals surface area contributed by atoms with Crippen LogP contribution in [0.4, 0.5) is 0 Å². The molecule has 2 heterocycles. The van der Waals surface area contributed by atoms with Crippen molar-refractivity contribution in [3.63, 3.8) is 0 Å². The number of aryl methyl sites for hydroxylation is 2. The Labute approximate surface area is 142 Å². The number of nitrogens with one attached hydrogen (secondary N) is 1. The van der Waals surface area contributed by atoms with E-state index >= 15 is 0 Å². The van der Waals surface area contributed by atoms with Crippen LogP contribution in [0.5, 0.6) is 10.8 Å². The Bertz CT molecular complexity index is 809. The van der Waals surface area contributed by atoms with E-state index in [1.54, 1.807) is 18.3 Å². The van der Waals surface area contributed by atoms with E-state index in [1.165, 1.54) is 5.56 Å². The van der Waals surface area contributed by atoms with Crippen LogP contribution in [0.2, 0.25) is 0 Å². The number of thiophene rings is 1. The summed E-state index contributed by atoms with van der Waals surface area (Å²) in [5.41, 5.74) is 2.85. The highest BCUT2D eigenvalue weighted by atomic mass is 32.1. The highest BCUT2D eigenvalue weighted by Gasteiger charge is 2.12. The van der Waals surface area contributed by atoms with Crippen LogP contribution < -0.4 is 10.1 Å². The molecule has 0 saturated heterocycles. The van der Waals surface area contributed by atoms with Crippen LogP contribution in [-0.2, 0) is 6.54 Å². The van der Waals surface area contributed by atoms with Gasteiger partial charge in [0, 0.05) is 6.54 Å². The molecule has 0 aliphatic rings. The fourth-order valence-corrected chi connectivity index (χ4v) is 3.29. The lowest BCUT2D eigenvalue weighted by Crippen LogP contribution is -2.22. The fourth-order valence-electron chi connectivity index (χ4n) is 1.95. The molecule has 1 amide bonds. The topological polar surface area (TPSA) is 64.1 Å². The molecule has 0 atom stereocenters. The SMILES string of the molecule is Cc1csc(Oc2ccc(CNC(=O)c3snnc3C)cc2)c1. The molecular weight excluding hydrogens is 330 g/mol. The zero-order valence-electron chi connectivity index (χ0n) is 12.7. The second-order valence-corrected chi connectivity index (χ2v) is 6.69. The molecule has 5 nitrogen and oxygen atoms in total. The first-order chi connectivity index (χ1) is 11.1. The Kier molecular flexibility index (Phi) is 4.68. The molecule has 7 heteroatoms. The Morgan fingerprint density at radius 1 is 1.26 bits per heavy atom. The van der Waals surface area contributed by atoms with Crippen LogP contribution >= 0.6 is 22.9 Å². The third-order valence-corrected chi connectivity index (χ3v) is 4.91. The van der Waals surface area contributed by atoms with Gasteiger partial charge in [0.1, 0.15) is 10.6 Å². The molecule has 0 bridgehead atoms. The summed E-state index contributed by atoms with van der Waals surface area (Å²) in [5.74, 6) is 0.635. The highest BCUT2D eigenvalue weighted by molar-refractivity contribution is 7.12. The van der Waals surface area contributed by atoms with Crippen LogP contribution in [0.25, 0.3) is 0 Å². The average Bonchev–Trinajstić information content (AvgIpc) is 3.15. The minimum Gasteiger partial charge on any atom is -0.447 e. The molecule has 3 aromatic rings. The van der Waals surface area contributed by atoms with Gasteiger partial charge in [-0.25, -0.2) is 0 Å². The van der Waals surface area contributed by atoms with E-state index in [4.69, 9.17) is 4.74 Å². The first kappa shape index (κ1) is 15.6. The van der Waals surface area contributed by atoms with E-state index in [1.807, 2.05) is 37.3 Å². The van der Waals surface area contributed by atoms with Gasteiger partial charge in [0.05, 0.1) is 5.69 Å². The number of aromatic nitrogens is 2. The second kappa shape index (κ2) is 6.89. The van der Waals surface area contributed by atoms with Crippen molar-refractivity contribution in [2.75, 3.05) is 0 Å². The predicted octanol–water partition coefficient (Wildman–Crippen LogP) is 3.94. The monoisotopic (exact) mass is 345 g/mol. The first-order valence-electron chi connectivity index (χ1n) is 7.01. The van der Waals surface area contributed by atoms with E-state index in [0.29, 0.717) is 17.1 Å². The van der Waals surface area contributed by atoms with Crippen molar-refractivity contribution in [1.29, 1.82) is 0 Å². The predicted molar refractivity (Wildman–Crippen MR) is 91.4 cm³/mol. The van der Waals surface area contributed by atoms with Gasteiger partial charge in [0.15, 0.2) is 5.06 Å². The molecule has 0 aliphatic carbocycles. The number of amides is 1. The maximum Gasteiger partial charge on any atom is 0.265 e. The molecule has 0 unspecified atom stereocenters. The van der Waals surface area contributed by atoms with Gasteiger partial charge in [0.25, 0.3) is 5.91 Å². The van der Waals surface area contributed by atoms with Gasteiger partial charge in [0.2, 0.25) is 0 Å². The molecule has 2 aromatic heterocycles. The van der Waals surface area contributed by atoms with Crippen molar-refractivity contribution in [2.45, 2.75) is 20.4 Å². The lowest BCUT2D eigenvalue weighted by molar-refractivity contribution is 0.0954. The summed E-state index contributed by atoms with van der Waals surface area (Å²) < 4.78 is 9.54. The number of nitrogens with zero attached hydrogens (tertiary/aromatic N) is 2. The summed E-state index contributed by atoms with van der Waals surface area (Å²) in [6.07, 6.45) is 0. The van der Waals surface area contributed by atoms with E-state index in [0.717, 1.165) is 27.9 Å². The fraction of sp³-hybridized carbons (Fsp3) is 0.188. The third kappa shape index (κ3) is 3.94. The number of rotatable bonds is 5. The molecule has 118 valence electrons. The van der Waals surface area contributed by atoms with Crippen molar-refractivity contribution in [3.8, 4) is 10.8 Å². The third-order valence-electron chi connectivity index (χ3n) is 3.16. The summed E-state index contributed by atoms with van der Waals surface area (Å²) in [6, 6.07) is 9.68. The van der Waals surface area contributed by atoms with Crippen molar-refractivity contribution in [1.82, 2.24) is 14.9 Å². The molecule has 0 spiro atoms. The zero-order valence-corrected chi connectivity index (χ0v) is 14.3. The van der Waals surface area contributed by atoms with Crippen molar-refractivity contribution in [3.05, 3.63) is 57.4 Å². The lowest BCUT2D eigenvalue weighted by Gasteiger charge is -2.06. The Morgan fingerprint density at radius 2 is 2.04 bits per heavy atom. The first-order valence-corrected chi connectivity index (χ1v) is 8.66. The molecule has 0 aliphatic heterocycles. The number of carbonyl (C=O) groups excluding carboxylic acids is 1. The Hall–Kier alpha value is -2.25. The van der Waals surface area contributed by atoms with Crippen molar-refractivity contribution >= 4 is 28.8 Å². The van der Waals surface area contributed by atoms with Crippen LogP contribution in [0.15, 0.2) is 35.7 Å². The molecule has 1 N–H and O–H groups in total. The van der Waals surface area contributed by atoms with Crippen LogP contribution in [-0.4, -0.2) is 15.5 Å². The summed E-state index contributed by atoms with van der Waals surface area (Å²) in [7, 11) is 0. The molecule has 0 fully saturated rings. The van der Waals surface area contributed by atoms with E-state index < -0.39 is 0 Å². The number of benzene rings is 1. The largest absolute Gasteiger partial charge is 0.447 e. The van der Waals surface area contributed by atoms with Gasteiger partial charge in [-0.3, -0.25) is 4.79 Å². The number of carbonyl (C=O) groups is 1. The summed E-state index contributed by atoms with van der Waals surface area (Å²) in [4.78, 5) is 12.6. The van der Waals surface area contributed by atoms with E-state index in [-0.39, 0.29) is 5.91 Å². The Morgan fingerprint density at radius 3 is 2.65 bits per heavy atom. The zero-order chi connectivity index (χ0) is 16.2. The molecule has 0 radical (unpaired) electrons. The highest BCUT2D eigenvalue weighted by Crippen LogP contribution is 2.28. The maximum atomic E-state index is 12.0. The number of ether oxygens (including phenoxy) is 1.